The van der Waals surface area contributed by atoms with Gasteiger partial charge < -0.3 is 5.11 Å². The first-order valence-corrected chi connectivity index (χ1v) is 3.79. The Morgan fingerprint density at radius 2 is 2.50 bits per heavy atom. The van der Waals surface area contributed by atoms with E-state index in [0.717, 1.165) is 4.88 Å². The molecule has 0 radical (unpaired) electrons. The van der Waals surface area contributed by atoms with Gasteiger partial charge in [-0.25, -0.2) is 0 Å². The number of terminal acetylenes is 1. The van der Waals surface area contributed by atoms with E-state index in [2.05, 4.69) is 5.92 Å². The topological polar surface area (TPSA) is 20.2 Å². The van der Waals surface area contributed by atoms with Gasteiger partial charge in [-0.05, 0) is 18.4 Å². The Kier molecular flexibility index (Phi) is 1.80. The van der Waals surface area contributed by atoms with E-state index < -0.39 is 5.60 Å². The monoisotopic (exact) mass is 152 g/mol. The highest BCUT2D eigenvalue weighted by Gasteiger charge is 2.19. The van der Waals surface area contributed by atoms with Gasteiger partial charge in [0.25, 0.3) is 0 Å². The summed E-state index contributed by atoms with van der Waals surface area (Å²) in [5.74, 6) is 2.31. The van der Waals surface area contributed by atoms with Crippen LogP contribution in [0.15, 0.2) is 17.5 Å². The summed E-state index contributed by atoms with van der Waals surface area (Å²) in [5.41, 5.74) is -1.09. The summed E-state index contributed by atoms with van der Waals surface area (Å²) in [7, 11) is 0. The third kappa shape index (κ3) is 1.21. The Morgan fingerprint density at radius 1 is 1.80 bits per heavy atom. The molecule has 0 saturated carbocycles. The maximum absolute atomic E-state index is 9.46. The molecule has 1 N–H and O–H groups in total. The van der Waals surface area contributed by atoms with E-state index >= 15 is 0 Å². The summed E-state index contributed by atoms with van der Waals surface area (Å²) in [6.45, 7) is 1.61. The fourth-order valence-electron chi connectivity index (χ4n) is 0.627. The van der Waals surface area contributed by atoms with Crippen molar-refractivity contribution in [2.45, 2.75) is 12.5 Å². The van der Waals surface area contributed by atoms with Crippen molar-refractivity contribution in [2.75, 3.05) is 0 Å². The first-order valence-electron chi connectivity index (χ1n) is 2.91. The summed E-state index contributed by atoms with van der Waals surface area (Å²) in [5, 5.41) is 11.3. The number of hydrogen-bond donors (Lipinski definition) is 1. The molecule has 0 aliphatic carbocycles. The summed E-state index contributed by atoms with van der Waals surface area (Å²) >= 11 is 1.46. The Balaban J connectivity index is 2.99. The minimum atomic E-state index is -1.09. The Labute approximate surface area is 64.3 Å². The van der Waals surface area contributed by atoms with Gasteiger partial charge in [0, 0.05) is 4.88 Å². The van der Waals surface area contributed by atoms with E-state index in [1.165, 1.54) is 11.3 Å². The highest BCUT2D eigenvalue weighted by atomic mass is 32.1. The molecule has 52 valence electrons. The molecule has 0 amide bonds. The molecule has 0 saturated heterocycles. The van der Waals surface area contributed by atoms with E-state index in [1.54, 1.807) is 6.92 Å². The minimum Gasteiger partial charge on any atom is -0.373 e. The molecule has 0 aliphatic rings. The Bertz CT molecular complexity index is 241. The second-order valence-electron chi connectivity index (χ2n) is 2.19. The highest BCUT2D eigenvalue weighted by Crippen LogP contribution is 2.23. The predicted molar refractivity (Wildman–Crippen MR) is 42.7 cm³/mol. The van der Waals surface area contributed by atoms with Crippen LogP contribution in [0.1, 0.15) is 11.8 Å². The molecule has 0 aliphatic heterocycles. The zero-order chi connectivity index (χ0) is 7.61. The molecular weight excluding hydrogens is 144 g/mol. The molecule has 2 heteroatoms. The molecular formula is C8H8OS. The van der Waals surface area contributed by atoms with Crippen LogP contribution in [0, 0.1) is 12.3 Å². The smallest absolute Gasteiger partial charge is 0.156 e. The Morgan fingerprint density at radius 3 is 2.90 bits per heavy atom. The third-order valence-corrected chi connectivity index (χ3v) is 2.36. The zero-order valence-electron chi connectivity index (χ0n) is 5.66. The molecule has 1 aromatic rings. The molecule has 0 bridgehead atoms. The van der Waals surface area contributed by atoms with Gasteiger partial charge in [0.1, 0.15) is 0 Å². The molecule has 1 rings (SSSR count). The largest absolute Gasteiger partial charge is 0.373 e. The van der Waals surface area contributed by atoms with Gasteiger partial charge in [0.15, 0.2) is 5.60 Å². The molecule has 1 aromatic heterocycles. The van der Waals surface area contributed by atoms with Crippen LogP contribution in [-0.4, -0.2) is 5.11 Å². The molecule has 1 atom stereocenters. The van der Waals surface area contributed by atoms with Gasteiger partial charge in [0.05, 0.1) is 0 Å². The predicted octanol–water partition coefficient (Wildman–Crippen LogP) is 1.59. The van der Waals surface area contributed by atoms with Gasteiger partial charge >= 0.3 is 0 Å². The summed E-state index contributed by atoms with van der Waals surface area (Å²) in [6.07, 6.45) is 5.10. The SMILES string of the molecule is C#CC(C)(O)c1cccs1. The number of aliphatic hydroxyl groups is 1. The van der Waals surface area contributed by atoms with Gasteiger partial charge in [0.2, 0.25) is 0 Å². The van der Waals surface area contributed by atoms with Crippen molar-refractivity contribution >= 4 is 11.3 Å². The molecule has 0 fully saturated rings. The quantitative estimate of drug-likeness (QED) is 0.606. The second kappa shape index (κ2) is 2.45. The maximum Gasteiger partial charge on any atom is 0.156 e. The van der Waals surface area contributed by atoms with Crippen molar-refractivity contribution in [2.24, 2.45) is 0 Å². The van der Waals surface area contributed by atoms with E-state index in [4.69, 9.17) is 6.42 Å². The Hall–Kier alpha value is -0.780. The van der Waals surface area contributed by atoms with E-state index in [9.17, 15) is 5.11 Å². The minimum absolute atomic E-state index is 0.815. The third-order valence-electron chi connectivity index (χ3n) is 1.28. The molecule has 1 unspecified atom stereocenters. The highest BCUT2D eigenvalue weighted by molar-refractivity contribution is 7.10. The average Bonchev–Trinajstić information content (AvgIpc) is 2.38. The van der Waals surface area contributed by atoms with Gasteiger partial charge in [-0.3, -0.25) is 0 Å². The van der Waals surface area contributed by atoms with E-state index in [-0.39, 0.29) is 0 Å². The average molecular weight is 152 g/mol. The maximum atomic E-state index is 9.46. The van der Waals surface area contributed by atoms with E-state index in [0.29, 0.717) is 0 Å². The molecule has 10 heavy (non-hydrogen) atoms. The van der Waals surface area contributed by atoms with Crippen LogP contribution in [0.5, 0.6) is 0 Å². The van der Waals surface area contributed by atoms with E-state index in [1.807, 2.05) is 17.5 Å². The first kappa shape index (κ1) is 7.33. The lowest BCUT2D eigenvalue weighted by Crippen LogP contribution is -2.15. The van der Waals surface area contributed by atoms with Gasteiger partial charge in [-0.1, -0.05) is 12.0 Å². The lowest BCUT2D eigenvalue weighted by Gasteiger charge is -2.12. The lowest BCUT2D eigenvalue weighted by atomic mass is 10.1. The molecule has 0 spiro atoms. The number of rotatable bonds is 1. The molecule has 1 nitrogen and oxygen atoms in total. The fourth-order valence-corrected chi connectivity index (χ4v) is 1.38. The van der Waals surface area contributed by atoms with Crippen molar-refractivity contribution < 1.29 is 5.11 Å². The van der Waals surface area contributed by atoms with Crippen LogP contribution in [0.3, 0.4) is 0 Å². The van der Waals surface area contributed by atoms with Crippen molar-refractivity contribution in [3.05, 3.63) is 22.4 Å². The first-order chi connectivity index (χ1) is 4.67. The normalized spacial score (nSPS) is 15.7. The van der Waals surface area contributed by atoms with Crippen LogP contribution in [0.2, 0.25) is 0 Å². The van der Waals surface area contributed by atoms with Crippen LogP contribution >= 0.6 is 11.3 Å². The summed E-state index contributed by atoms with van der Waals surface area (Å²) in [4.78, 5) is 0.815. The molecule has 1 heterocycles. The van der Waals surface area contributed by atoms with Crippen LogP contribution in [0.25, 0.3) is 0 Å². The summed E-state index contributed by atoms with van der Waals surface area (Å²) < 4.78 is 0. The van der Waals surface area contributed by atoms with Gasteiger partial charge in [-0.15, -0.1) is 17.8 Å². The fraction of sp³-hybridized carbons (Fsp3) is 0.250. The van der Waals surface area contributed by atoms with Crippen molar-refractivity contribution in [1.29, 1.82) is 0 Å². The van der Waals surface area contributed by atoms with Crippen molar-refractivity contribution in [1.82, 2.24) is 0 Å². The van der Waals surface area contributed by atoms with Crippen LogP contribution < -0.4 is 0 Å². The lowest BCUT2D eigenvalue weighted by molar-refractivity contribution is 0.126. The standard InChI is InChI=1S/C8H8OS/c1-3-8(2,9)7-5-4-6-10-7/h1,4-6,9H,2H3. The van der Waals surface area contributed by atoms with Crippen LogP contribution in [-0.2, 0) is 5.60 Å². The molecule has 0 aromatic carbocycles. The second-order valence-corrected chi connectivity index (χ2v) is 3.14. The van der Waals surface area contributed by atoms with Gasteiger partial charge in [-0.2, -0.15) is 0 Å². The number of thiophene rings is 1. The van der Waals surface area contributed by atoms with Crippen LogP contribution in [0.4, 0.5) is 0 Å². The zero-order valence-corrected chi connectivity index (χ0v) is 6.48. The number of hydrogen-bond acceptors (Lipinski definition) is 2. The summed E-state index contributed by atoms with van der Waals surface area (Å²) in [6, 6.07) is 3.69. The van der Waals surface area contributed by atoms with Crippen molar-refractivity contribution in [3.8, 4) is 12.3 Å². The van der Waals surface area contributed by atoms with Crippen molar-refractivity contribution in [3.63, 3.8) is 0 Å².